The van der Waals surface area contributed by atoms with E-state index in [2.05, 4.69) is 10.3 Å². The molecule has 2 rings (SSSR count). The summed E-state index contributed by atoms with van der Waals surface area (Å²) in [6.45, 7) is 1.10. The van der Waals surface area contributed by atoms with Crippen molar-refractivity contribution in [2.75, 3.05) is 33.3 Å². The highest BCUT2D eigenvalue weighted by Crippen LogP contribution is 2.39. The summed E-state index contributed by atoms with van der Waals surface area (Å²) in [5, 5.41) is 2.99. The van der Waals surface area contributed by atoms with Crippen molar-refractivity contribution in [2.45, 2.75) is 6.92 Å². The Morgan fingerprint density at radius 2 is 1.71 bits per heavy atom. The Hall–Kier alpha value is -2.71. The molecule has 1 N–H and O–H groups in total. The molecule has 0 bridgehead atoms. The van der Waals surface area contributed by atoms with Crippen LogP contribution in [-0.2, 0) is 9.53 Å². The van der Waals surface area contributed by atoms with E-state index < -0.39 is 18.5 Å². The van der Waals surface area contributed by atoms with Gasteiger partial charge in [0.15, 0.2) is 23.9 Å². The maximum absolute atomic E-state index is 12.4. The number of carbonyl (C=O) groups excluding carboxylic acids is 2. The largest absolute Gasteiger partial charge is 0.493 e. The number of ether oxygens (including phenoxy) is 4. The molecule has 0 fully saturated rings. The van der Waals surface area contributed by atoms with Gasteiger partial charge >= 0.3 is 5.97 Å². The number of esters is 1. The van der Waals surface area contributed by atoms with E-state index in [1.54, 1.807) is 6.92 Å². The average Bonchev–Trinajstić information content (AvgIpc) is 2.68. The third kappa shape index (κ3) is 4.76. The fraction of sp³-hybridized carbons (Fsp3) is 0.278. The van der Waals surface area contributed by atoms with Gasteiger partial charge in [0, 0.05) is 0 Å². The van der Waals surface area contributed by atoms with Crippen molar-refractivity contribution in [3.05, 3.63) is 39.5 Å². The van der Waals surface area contributed by atoms with Crippen LogP contribution in [0.25, 0.3) is 0 Å². The van der Waals surface area contributed by atoms with Gasteiger partial charge in [0.1, 0.15) is 5.56 Å². The second-order valence-electron chi connectivity index (χ2n) is 5.39. The predicted molar refractivity (Wildman–Crippen MR) is 104 cm³/mol. The minimum absolute atomic E-state index is 0.0754. The lowest BCUT2D eigenvalue weighted by Gasteiger charge is -2.15. The van der Waals surface area contributed by atoms with Crippen molar-refractivity contribution >= 4 is 40.9 Å². The third-order valence-corrected chi connectivity index (χ3v) is 4.29. The Labute approximate surface area is 171 Å². The molecule has 0 spiro atoms. The number of aromatic nitrogens is 1. The fourth-order valence-corrected chi connectivity index (χ4v) is 2.69. The Bertz CT molecular complexity index is 904. The number of hydrogen-bond donors (Lipinski definition) is 1. The van der Waals surface area contributed by atoms with Crippen LogP contribution in [0.2, 0.25) is 10.0 Å². The molecule has 2 aromatic rings. The van der Waals surface area contributed by atoms with E-state index in [9.17, 15) is 9.59 Å². The normalized spacial score (nSPS) is 10.2. The number of amides is 1. The number of benzene rings is 1. The van der Waals surface area contributed by atoms with Crippen LogP contribution in [0.15, 0.2) is 18.2 Å². The SMILES string of the molecule is COc1ccc(C(=O)OCC(=O)Nc2nc(C)c(Cl)cc2Cl)c(OC)c1OC. The molecule has 0 saturated heterocycles. The molecule has 150 valence electrons. The first-order valence-electron chi connectivity index (χ1n) is 7.90. The smallest absolute Gasteiger partial charge is 0.342 e. The Morgan fingerprint density at radius 3 is 2.32 bits per heavy atom. The van der Waals surface area contributed by atoms with E-state index in [1.807, 2.05) is 0 Å². The van der Waals surface area contributed by atoms with E-state index in [0.29, 0.717) is 16.5 Å². The van der Waals surface area contributed by atoms with Crippen LogP contribution in [0.3, 0.4) is 0 Å². The molecule has 1 aromatic carbocycles. The number of halogens is 2. The van der Waals surface area contributed by atoms with E-state index in [4.69, 9.17) is 42.1 Å². The second-order valence-corrected chi connectivity index (χ2v) is 6.21. The summed E-state index contributed by atoms with van der Waals surface area (Å²) in [6, 6.07) is 4.43. The number of nitrogens with one attached hydrogen (secondary N) is 1. The number of aryl methyl sites for hydroxylation is 1. The van der Waals surface area contributed by atoms with Crippen LogP contribution in [-0.4, -0.2) is 44.8 Å². The van der Waals surface area contributed by atoms with Crippen molar-refractivity contribution in [3.63, 3.8) is 0 Å². The lowest BCUT2D eigenvalue weighted by molar-refractivity contribution is -0.119. The first kappa shape index (κ1) is 21.6. The summed E-state index contributed by atoms with van der Waals surface area (Å²) < 4.78 is 20.6. The van der Waals surface area contributed by atoms with Gasteiger partial charge in [-0.1, -0.05) is 23.2 Å². The molecule has 0 unspecified atom stereocenters. The first-order valence-corrected chi connectivity index (χ1v) is 8.66. The Morgan fingerprint density at radius 1 is 1.04 bits per heavy atom. The molecule has 0 radical (unpaired) electrons. The van der Waals surface area contributed by atoms with Gasteiger partial charge in [0.05, 0.1) is 37.1 Å². The van der Waals surface area contributed by atoms with Crippen molar-refractivity contribution < 1.29 is 28.5 Å². The van der Waals surface area contributed by atoms with Crippen molar-refractivity contribution in [3.8, 4) is 17.2 Å². The number of pyridine rings is 1. The Kier molecular flexibility index (Phi) is 7.31. The lowest BCUT2D eigenvalue weighted by Crippen LogP contribution is -2.22. The molecule has 0 atom stereocenters. The van der Waals surface area contributed by atoms with Crippen LogP contribution in [0.5, 0.6) is 17.2 Å². The van der Waals surface area contributed by atoms with Gasteiger partial charge in [-0.15, -0.1) is 0 Å². The summed E-state index contributed by atoms with van der Waals surface area (Å²) in [5.41, 5.74) is 0.569. The predicted octanol–water partition coefficient (Wildman–Crippen LogP) is 3.52. The maximum atomic E-state index is 12.4. The van der Waals surface area contributed by atoms with Gasteiger partial charge < -0.3 is 24.3 Å². The van der Waals surface area contributed by atoms with Crippen LogP contribution in [0.4, 0.5) is 5.82 Å². The summed E-state index contributed by atoms with van der Waals surface area (Å²) >= 11 is 11.9. The monoisotopic (exact) mass is 428 g/mol. The van der Waals surface area contributed by atoms with Crippen LogP contribution < -0.4 is 19.5 Å². The zero-order chi connectivity index (χ0) is 20.8. The van der Waals surface area contributed by atoms with Gasteiger partial charge in [-0.3, -0.25) is 4.79 Å². The zero-order valence-electron chi connectivity index (χ0n) is 15.6. The fourth-order valence-electron chi connectivity index (χ4n) is 2.29. The Balaban J connectivity index is 2.10. The van der Waals surface area contributed by atoms with Gasteiger partial charge in [0.25, 0.3) is 5.91 Å². The molecular weight excluding hydrogens is 411 g/mol. The van der Waals surface area contributed by atoms with Crippen LogP contribution in [0, 0.1) is 6.92 Å². The van der Waals surface area contributed by atoms with E-state index in [-0.39, 0.29) is 27.9 Å². The molecule has 0 aliphatic carbocycles. The molecule has 0 saturated carbocycles. The minimum atomic E-state index is -0.778. The quantitative estimate of drug-likeness (QED) is 0.673. The number of hydrogen-bond acceptors (Lipinski definition) is 7. The van der Waals surface area contributed by atoms with Crippen molar-refractivity contribution in [1.82, 2.24) is 4.98 Å². The zero-order valence-corrected chi connectivity index (χ0v) is 17.1. The molecule has 1 heterocycles. The van der Waals surface area contributed by atoms with Gasteiger partial charge in [-0.25, -0.2) is 9.78 Å². The van der Waals surface area contributed by atoms with Gasteiger partial charge in [0.2, 0.25) is 5.75 Å². The number of nitrogens with zero attached hydrogens (tertiary/aromatic N) is 1. The molecule has 0 aliphatic rings. The van der Waals surface area contributed by atoms with Crippen LogP contribution >= 0.6 is 23.2 Å². The standard InChI is InChI=1S/C18H18Cl2N2O6/c1-9-11(19)7-12(20)17(21-9)22-14(23)8-28-18(24)10-5-6-13(25-2)16(27-4)15(10)26-3/h5-7H,8H2,1-4H3,(H,21,22,23). The number of anilines is 1. The van der Waals surface area contributed by atoms with E-state index >= 15 is 0 Å². The summed E-state index contributed by atoms with van der Waals surface area (Å²) in [7, 11) is 4.24. The molecule has 1 aromatic heterocycles. The molecule has 28 heavy (non-hydrogen) atoms. The number of rotatable bonds is 7. The number of carbonyl (C=O) groups is 2. The average molecular weight is 429 g/mol. The summed E-state index contributed by atoms with van der Waals surface area (Å²) in [5.74, 6) is -0.536. The molecule has 8 nitrogen and oxygen atoms in total. The van der Waals surface area contributed by atoms with E-state index in [1.165, 1.54) is 39.5 Å². The van der Waals surface area contributed by atoms with Crippen LogP contribution in [0.1, 0.15) is 16.1 Å². The molecule has 10 heteroatoms. The lowest BCUT2D eigenvalue weighted by atomic mass is 10.1. The van der Waals surface area contributed by atoms with Gasteiger partial charge in [-0.2, -0.15) is 0 Å². The molecule has 1 amide bonds. The highest BCUT2D eigenvalue weighted by atomic mass is 35.5. The number of methoxy groups -OCH3 is 3. The maximum Gasteiger partial charge on any atom is 0.342 e. The second kappa shape index (κ2) is 9.48. The van der Waals surface area contributed by atoms with Crippen molar-refractivity contribution in [1.29, 1.82) is 0 Å². The van der Waals surface area contributed by atoms with Gasteiger partial charge in [-0.05, 0) is 25.1 Å². The van der Waals surface area contributed by atoms with E-state index in [0.717, 1.165) is 0 Å². The van der Waals surface area contributed by atoms with Crippen molar-refractivity contribution in [2.24, 2.45) is 0 Å². The summed E-state index contributed by atoms with van der Waals surface area (Å²) in [6.07, 6.45) is 0. The molecule has 0 aliphatic heterocycles. The topological polar surface area (TPSA) is 96.0 Å². The third-order valence-electron chi connectivity index (χ3n) is 3.62. The highest BCUT2D eigenvalue weighted by molar-refractivity contribution is 6.36. The molecular formula is C18H18Cl2N2O6. The summed E-state index contributed by atoms with van der Waals surface area (Å²) in [4.78, 5) is 28.5. The highest BCUT2D eigenvalue weighted by Gasteiger charge is 2.22. The minimum Gasteiger partial charge on any atom is -0.493 e. The first-order chi connectivity index (χ1) is 13.3.